The number of anilines is 1. The Kier molecular flexibility index (Phi) is 3.38. The lowest BCUT2D eigenvalue weighted by atomic mass is 9.89. The third kappa shape index (κ3) is 2.38. The van der Waals surface area contributed by atoms with Crippen molar-refractivity contribution in [1.29, 1.82) is 0 Å². The van der Waals surface area contributed by atoms with Crippen molar-refractivity contribution >= 4 is 23.2 Å². The predicted octanol–water partition coefficient (Wildman–Crippen LogP) is 3.39. The Morgan fingerprint density at radius 2 is 1.95 bits per heavy atom. The number of carbonyl (C=O) groups is 1. The Morgan fingerprint density at radius 3 is 2.62 bits per heavy atom. The van der Waals surface area contributed by atoms with Crippen molar-refractivity contribution in [2.75, 3.05) is 5.32 Å². The normalized spacial score (nSPS) is 20.1. The fourth-order valence-corrected chi connectivity index (χ4v) is 3.12. The molecule has 2 aromatic carbocycles. The molecule has 0 saturated heterocycles. The molecule has 0 aliphatic heterocycles. The molecule has 1 amide bonds. The van der Waals surface area contributed by atoms with E-state index in [4.69, 9.17) is 17.3 Å². The van der Waals surface area contributed by atoms with Gasteiger partial charge in [0.2, 0.25) is 5.91 Å². The largest absolute Gasteiger partial charge is 0.368 e. The Morgan fingerprint density at radius 1 is 1.24 bits per heavy atom. The third-order valence-corrected chi connectivity index (χ3v) is 4.37. The summed E-state index contributed by atoms with van der Waals surface area (Å²) in [5.41, 5.74) is 9.05. The maximum Gasteiger partial charge on any atom is 0.247 e. The molecule has 21 heavy (non-hydrogen) atoms. The Bertz CT molecular complexity index is 696. The standard InChI is InChI=1S/C17H17ClN2O/c1-11-2-3-12-8-9-17(16(19)21,15(12)10-11)20-14-6-4-13(18)5-7-14/h2-7,10,20H,8-9H2,1H3,(H2,19,21). The zero-order valence-corrected chi connectivity index (χ0v) is 12.6. The van der Waals surface area contributed by atoms with Gasteiger partial charge in [0.05, 0.1) is 0 Å². The van der Waals surface area contributed by atoms with Crippen LogP contribution < -0.4 is 11.1 Å². The van der Waals surface area contributed by atoms with E-state index in [0.717, 1.165) is 23.2 Å². The van der Waals surface area contributed by atoms with Gasteiger partial charge in [-0.3, -0.25) is 4.79 Å². The zero-order valence-electron chi connectivity index (χ0n) is 11.8. The van der Waals surface area contributed by atoms with Gasteiger partial charge in [-0.05, 0) is 55.2 Å². The van der Waals surface area contributed by atoms with Crippen LogP contribution in [0.2, 0.25) is 5.02 Å². The summed E-state index contributed by atoms with van der Waals surface area (Å²) >= 11 is 5.91. The van der Waals surface area contributed by atoms with E-state index in [9.17, 15) is 4.79 Å². The maximum absolute atomic E-state index is 12.2. The molecule has 0 fully saturated rings. The third-order valence-electron chi connectivity index (χ3n) is 4.12. The smallest absolute Gasteiger partial charge is 0.247 e. The lowest BCUT2D eigenvalue weighted by molar-refractivity contribution is -0.122. The van der Waals surface area contributed by atoms with Crippen LogP contribution in [0.3, 0.4) is 0 Å². The molecule has 0 bridgehead atoms. The summed E-state index contributed by atoms with van der Waals surface area (Å²) < 4.78 is 0. The molecule has 0 heterocycles. The van der Waals surface area contributed by atoms with E-state index in [-0.39, 0.29) is 5.91 Å². The fraction of sp³-hybridized carbons (Fsp3) is 0.235. The first-order valence-electron chi connectivity index (χ1n) is 6.95. The van der Waals surface area contributed by atoms with Crippen molar-refractivity contribution in [2.45, 2.75) is 25.3 Å². The molecule has 1 aliphatic carbocycles. The molecule has 1 unspecified atom stereocenters. The number of hydrogen-bond acceptors (Lipinski definition) is 2. The van der Waals surface area contributed by atoms with Crippen molar-refractivity contribution < 1.29 is 4.79 Å². The fourth-order valence-electron chi connectivity index (χ4n) is 2.99. The average Bonchev–Trinajstić information content (AvgIpc) is 2.81. The van der Waals surface area contributed by atoms with Crippen molar-refractivity contribution in [2.24, 2.45) is 5.73 Å². The van der Waals surface area contributed by atoms with Crippen molar-refractivity contribution in [1.82, 2.24) is 0 Å². The van der Waals surface area contributed by atoms with Crippen LogP contribution in [0.1, 0.15) is 23.1 Å². The number of carbonyl (C=O) groups excluding carboxylic acids is 1. The summed E-state index contributed by atoms with van der Waals surface area (Å²) in [5.74, 6) is -0.346. The Balaban J connectivity index is 2.05. The summed E-state index contributed by atoms with van der Waals surface area (Å²) in [5, 5.41) is 3.99. The van der Waals surface area contributed by atoms with Crippen LogP contribution in [0.15, 0.2) is 42.5 Å². The molecule has 0 saturated carbocycles. The molecule has 4 heteroatoms. The van der Waals surface area contributed by atoms with Gasteiger partial charge in [0.1, 0.15) is 5.54 Å². The minimum Gasteiger partial charge on any atom is -0.368 e. The van der Waals surface area contributed by atoms with Gasteiger partial charge in [-0.1, -0.05) is 35.4 Å². The SMILES string of the molecule is Cc1ccc2c(c1)C(Nc1ccc(Cl)cc1)(C(N)=O)CC2. The van der Waals surface area contributed by atoms with E-state index >= 15 is 0 Å². The van der Waals surface area contributed by atoms with Gasteiger partial charge in [-0.2, -0.15) is 0 Å². The van der Waals surface area contributed by atoms with Crippen LogP contribution >= 0.6 is 11.6 Å². The van der Waals surface area contributed by atoms with Gasteiger partial charge in [0, 0.05) is 10.7 Å². The molecule has 0 spiro atoms. The number of aryl methyl sites for hydroxylation is 2. The number of nitrogens with two attached hydrogens (primary N) is 1. The summed E-state index contributed by atoms with van der Waals surface area (Å²) in [6.45, 7) is 2.02. The molecular formula is C17H17ClN2O. The number of amides is 1. The number of primary amides is 1. The van der Waals surface area contributed by atoms with Crippen LogP contribution in [0, 0.1) is 6.92 Å². The number of benzene rings is 2. The molecule has 0 radical (unpaired) electrons. The summed E-state index contributed by atoms with van der Waals surface area (Å²) in [4.78, 5) is 12.2. The highest BCUT2D eigenvalue weighted by Crippen LogP contribution is 2.40. The van der Waals surface area contributed by atoms with Gasteiger partial charge in [0.25, 0.3) is 0 Å². The van der Waals surface area contributed by atoms with Gasteiger partial charge < -0.3 is 11.1 Å². The number of rotatable bonds is 3. The number of fused-ring (bicyclic) bond motifs is 1. The second-order valence-electron chi connectivity index (χ2n) is 5.56. The van der Waals surface area contributed by atoms with E-state index in [1.807, 2.05) is 19.1 Å². The maximum atomic E-state index is 12.2. The number of nitrogens with one attached hydrogen (secondary N) is 1. The minimum atomic E-state index is -0.838. The Hall–Kier alpha value is -2.00. The highest BCUT2D eigenvalue weighted by atomic mass is 35.5. The first-order chi connectivity index (χ1) is 10.0. The van der Waals surface area contributed by atoms with Crippen LogP contribution in [0.4, 0.5) is 5.69 Å². The molecular weight excluding hydrogens is 284 g/mol. The quantitative estimate of drug-likeness (QED) is 0.913. The van der Waals surface area contributed by atoms with Crippen LogP contribution in [0.25, 0.3) is 0 Å². The highest BCUT2D eigenvalue weighted by molar-refractivity contribution is 6.30. The Labute approximate surface area is 129 Å². The molecule has 0 aromatic heterocycles. The molecule has 2 aromatic rings. The lowest BCUT2D eigenvalue weighted by Gasteiger charge is -2.29. The summed E-state index contributed by atoms with van der Waals surface area (Å²) in [7, 11) is 0. The molecule has 3 nitrogen and oxygen atoms in total. The van der Waals surface area contributed by atoms with E-state index in [1.165, 1.54) is 5.56 Å². The van der Waals surface area contributed by atoms with Gasteiger partial charge in [-0.25, -0.2) is 0 Å². The van der Waals surface area contributed by atoms with E-state index in [2.05, 4.69) is 23.5 Å². The second kappa shape index (κ2) is 5.08. The first kappa shape index (κ1) is 14.0. The molecule has 3 N–H and O–H groups in total. The summed E-state index contributed by atoms with van der Waals surface area (Å²) in [6.07, 6.45) is 1.52. The van der Waals surface area contributed by atoms with Crippen LogP contribution in [-0.2, 0) is 16.8 Å². The average molecular weight is 301 g/mol. The highest BCUT2D eigenvalue weighted by Gasteiger charge is 2.44. The van der Waals surface area contributed by atoms with Crippen molar-refractivity contribution in [3.8, 4) is 0 Å². The monoisotopic (exact) mass is 300 g/mol. The van der Waals surface area contributed by atoms with E-state index in [0.29, 0.717) is 11.4 Å². The van der Waals surface area contributed by atoms with Crippen LogP contribution in [0.5, 0.6) is 0 Å². The van der Waals surface area contributed by atoms with E-state index in [1.54, 1.807) is 12.1 Å². The van der Waals surface area contributed by atoms with Gasteiger partial charge >= 0.3 is 0 Å². The predicted molar refractivity (Wildman–Crippen MR) is 85.4 cm³/mol. The number of halogens is 1. The number of hydrogen-bond donors (Lipinski definition) is 2. The van der Waals surface area contributed by atoms with Crippen molar-refractivity contribution in [3.63, 3.8) is 0 Å². The lowest BCUT2D eigenvalue weighted by Crippen LogP contribution is -2.46. The minimum absolute atomic E-state index is 0.346. The second-order valence-corrected chi connectivity index (χ2v) is 6.00. The van der Waals surface area contributed by atoms with Crippen molar-refractivity contribution in [3.05, 3.63) is 64.2 Å². The first-order valence-corrected chi connectivity index (χ1v) is 7.33. The van der Waals surface area contributed by atoms with Gasteiger partial charge in [-0.15, -0.1) is 0 Å². The molecule has 108 valence electrons. The van der Waals surface area contributed by atoms with Gasteiger partial charge in [0.15, 0.2) is 0 Å². The topological polar surface area (TPSA) is 55.1 Å². The molecule has 1 atom stereocenters. The van der Waals surface area contributed by atoms with E-state index < -0.39 is 5.54 Å². The molecule has 1 aliphatic rings. The summed E-state index contributed by atoms with van der Waals surface area (Å²) in [6, 6.07) is 13.5. The zero-order chi connectivity index (χ0) is 15.0. The van der Waals surface area contributed by atoms with Crippen LogP contribution in [-0.4, -0.2) is 5.91 Å². The molecule has 3 rings (SSSR count).